The van der Waals surface area contributed by atoms with Crippen LogP contribution in [0.25, 0.3) is 0 Å². The lowest BCUT2D eigenvalue weighted by Gasteiger charge is -2.30. The molecule has 7 heteroatoms. The number of tetrazole rings is 1. The van der Waals surface area contributed by atoms with Gasteiger partial charge in [0, 0.05) is 11.6 Å². The summed E-state index contributed by atoms with van der Waals surface area (Å²) in [5, 5.41) is 21.9. The highest BCUT2D eigenvalue weighted by atomic mass is 19.1. The van der Waals surface area contributed by atoms with Crippen molar-refractivity contribution in [3.63, 3.8) is 0 Å². The highest BCUT2D eigenvalue weighted by Crippen LogP contribution is 2.32. The number of rotatable bonds is 5. The number of nitrogens with zero attached hydrogens (tertiary/aromatic N) is 4. The lowest BCUT2D eigenvalue weighted by atomic mass is 9.85. The maximum atomic E-state index is 14.0. The van der Waals surface area contributed by atoms with Crippen LogP contribution in [0.1, 0.15) is 25.8 Å². The Morgan fingerprint density at radius 3 is 2.65 bits per heavy atom. The molecule has 1 aromatic carbocycles. The summed E-state index contributed by atoms with van der Waals surface area (Å²) in [6.45, 7) is 3.76. The summed E-state index contributed by atoms with van der Waals surface area (Å²) < 4.78 is 27.0. The van der Waals surface area contributed by atoms with Gasteiger partial charge in [0.05, 0.1) is 6.54 Å². The first-order chi connectivity index (χ1) is 9.40. The molecule has 0 spiro atoms. The van der Waals surface area contributed by atoms with Crippen molar-refractivity contribution in [2.24, 2.45) is 5.92 Å². The van der Waals surface area contributed by atoms with Crippen molar-refractivity contribution in [1.82, 2.24) is 20.2 Å². The van der Waals surface area contributed by atoms with Crippen LogP contribution in [-0.4, -0.2) is 25.3 Å². The standard InChI is InChI=1S/C13H16F2N4O/c1-9(2)6-13(20,7-19-17-8-16-18-19)11-4-3-10(14)5-12(11)15/h3-5,8-9,20H,6-7H2,1-2H3. The average molecular weight is 282 g/mol. The second kappa shape index (κ2) is 5.62. The smallest absolute Gasteiger partial charge is 0.162 e. The maximum absolute atomic E-state index is 14.0. The minimum Gasteiger partial charge on any atom is -0.383 e. The molecule has 20 heavy (non-hydrogen) atoms. The van der Waals surface area contributed by atoms with E-state index in [1.807, 2.05) is 13.8 Å². The third-order valence-electron chi connectivity index (χ3n) is 2.97. The molecule has 0 aliphatic heterocycles. The van der Waals surface area contributed by atoms with E-state index in [9.17, 15) is 13.9 Å². The fourth-order valence-corrected chi connectivity index (χ4v) is 2.30. The molecular weight excluding hydrogens is 266 g/mol. The van der Waals surface area contributed by atoms with Crippen molar-refractivity contribution >= 4 is 0 Å². The fraction of sp³-hybridized carbons (Fsp3) is 0.462. The van der Waals surface area contributed by atoms with Crippen molar-refractivity contribution in [1.29, 1.82) is 0 Å². The van der Waals surface area contributed by atoms with E-state index in [2.05, 4.69) is 15.4 Å². The summed E-state index contributed by atoms with van der Waals surface area (Å²) in [5.74, 6) is -1.36. The van der Waals surface area contributed by atoms with Crippen molar-refractivity contribution in [3.05, 3.63) is 41.7 Å². The summed E-state index contributed by atoms with van der Waals surface area (Å²) in [6.07, 6.45) is 1.52. The number of hydrogen-bond donors (Lipinski definition) is 1. The first kappa shape index (κ1) is 14.5. The molecule has 1 heterocycles. The number of benzene rings is 1. The number of aromatic nitrogens is 4. The predicted octanol–water partition coefficient (Wildman–Crippen LogP) is 1.89. The molecule has 1 N–H and O–H groups in total. The van der Waals surface area contributed by atoms with Crippen LogP contribution in [0.3, 0.4) is 0 Å². The molecule has 0 amide bonds. The highest BCUT2D eigenvalue weighted by Gasteiger charge is 2.34. The first-order valence-corrected chi connectivity index (χ1v) is 6.29. The molecule has 108 valence electrons. The van der Waals surface area contributed by atoms with Gasteiger partial charge in [0.1, 0.15) is 17.2 Å². The van der Waals surface area contributed by atoms with Crippen molar-refractivity contribution in [3.8, 4) is 0 Å². The molecule has 0 bridgehead atoms. The molecule has 2 aromatic rings. The molecular formula is C13H16F2N4O. The van der Waals surface area contributed by atoms with Crippen LogP contribution in [0.15, 0.2) is 24.5 Å². The second-order valence-electron chi connectivity index (χ2n) is 5.22. The minimum absolute atomic E-state index is 0.0323. The second-order valence-corrected chi connectivity index (χ2v) is 5.22. The van der Waals surface area contributed by atoms with Crippen LogP contribution in [0.4, 0.5) is 8.78 Å². The van der Waals surface area contributed by atoms with Gasteiger partial charge in [-0.15, -0.1) is 10.2 Å². The molecule has 0 fully saturated rings. The Hall–Kier alpha value is -1.89. The van der Waals surface area contributed by atoms with Crippen molar-refractivity contribution in [2.75, 3.05) is 0 Å². The molecule has 1 atom stereocenters. The largest absolute Gasteiger partial charge is 0.383 e. The Kier molecular flexibility index (Phi) is 4.08. The monoisotopic (exact) mass is 282 g/mol. The predicted molar refractivity (Wildman–Crippen MR) is 67.5 cm³/mol. The van der Waals surface area contributed by atoms with E-state index < -0.39 is 17.2 Å². The Morgan fingerprint density at radius 1 is 1.35 bits per heavy atom. The molecule has 0 radical (unpaired) electrons. The van der Waals surface area contributed by atoms with Crippen LogP contribution in [0, 0.1) is 17.6 Å². The lowest BCUT2D eigenvalue weighted by Crippen LogP contribution is -2.35. The van der Waals surface area contributed by atoms with Crippen LogP contribution in [0.2, 0.25) is 0 Å². The maximum Gasteiger partial charge on any atom is 0.162 e. The Bertz CT molecular complexity index is 574. The summed E-state index contributed by atoms with van der Waals surface area (Å²) in [6, 6.07) is 3.14. The van der Waals surface area contributed by atoms with Crippen LogP contribution in [-0.2, 0) is 12.1 Å². The zero-order chi connectivity index (χ0) is 14.8. The molecule has 1 unspecified atom stereocenters. The summed E-state index contributed by atoms with van der Waals surface area (Å²) in [4.78, 5) is 1.19. The van der Waals surface area contributed by atoms with Gasteiger partial charge in [0.25, 0.3) is 0 Å². The quantitative estimate of drug-likeness (QED) is 0.909. The molecule has 0 saturated carbocycles. The number of halogens is 2. The summed E-state index contributed by atoms with van der Waals surface area (Å²) in [5.41, 5.74) is -1.49. The van der Waals surface area contributed by atoms with E-state index in [1.54, 1.807) is 0 Å². The van der Waals surface area contributed by atoms with Gasteiger partial charge in [-0.2, -0.15) is 4.80 Å². The van der Waals surface area contributed by atoms with E-state index in [0.717, 1.165) is 12.1 Å². The van der Waals surface area contributed by atoms with E-state index in [0.29, 0.717) is 0 Å². The fourth-order valence-electron chi connectivity index (χ4n) is 2.30. The minimum atomic E-state index is -1.52. The van der Waals surface area contributed by atoms with Crippen LogP contribution < -0.4 is 0 Å². The van der Waals surface area contributed by atoms with Gasteiger partial charge in [-0.05, 0) is 23.6 Å². The van der Waals surface area contributed by atoms with Gasteiger partial charge in [0.15, 0.2) is 6.33 Å². The van der Waals surface area contributed by atoms with Crippen molar-refractivity contribution in [2.45, 2.75) is 32.4 Å². The summed E-state index contributed by atoms with van der Waals surface area (Å²) >= 11 is 0. The number of aliphatic hydroxyl groups is 1. The zero-order valence-electron chi connectivity index (χ0n) is 11.3. The first-order valence-electron chi connectivity index (χ1n) is 6.29. The van der Waals surface area contributed by atoms with Gasteiger partial charge < -0.3 is 5.11 Å². The average Bonchev–Trinajstić information content (AvgIpc) is 2.79. The van der Waals surface area contributed by atoms with Crippen LogP contribution >= 0.6 is 0 Å². The third kappa shape index (κ3) is 3.16. The van der Waals surface area contributed by atoms with Gasteiger partial charge in [-0.3, -0.25) is 0 Å². The SMILES string of the molecule is CC(C)CC(O)(Cn1ncnn1)c1ccc(F)cc1F. The number of hydrogen-bond acceptors (Lipinski definition) is 4. The van der Waals surface area contributed by atoms with Gasteiger partial charge >= 0.3 is 0 Å². The van der Waals surface area contributed by atoms with Gasteiger partial charge in [-0.25, -0.2) is 8.78 Å². The van der Waals surface area contributed by atoms with E-state index in [-0.39, 0.29) is 24.4 Å². The van der Waals surface area contributed by atoms with E-state index in [4.69, 9.17) is 0 Å². The Labute approximate surface area is 115 Å². The normalized spacial score (nSPS) is 14.5. The van der Waals surface area contributed by atoms with Crippen molar-refractivity contribution < 1.29 is 13.9 Å². The lowest BCUT2D eigenvalue weighted by molar-refractivity contribution is -0.0120. The molecule has 0 saturated heterocycles. The molecule has 2 rings (SSSR count). The summed E-state index contributed by atoms with van der Waals surface area (Å²) in [7, 11) is 0. The van der Waals surface area contributed by atoms with Crippen LogP contribution in [0.5, 0.6) is 0 Å². The van der Waals surface area contributed by atoms with Gasteiger partial charge in [-0.1, -0.05) is 19.9 Å². The topological polar surface area (TPSA) is 63.8 Å². The molecule has 1 aromatic heterocycles. The van der Waals surface area contributed by atoms with E-state index in [1.165, 1.54) is 17.2 Å². The Balaban J connectivity index is 2.39. The third-order valence-corrected chi connectivity index (χ3v) is 2.97. The molecule has 0 aliphatic carbocycles. The Morgan fingerprint density at radius 2 is 2.10 bits per heavy atom. The highest BCUT2D eigenvalue weighted by molar-refractivity contribution is 5.25. The zero-order valence-corrected chi connectivity index (χ0v) is 11.3. The molecule has 0 aliphatic rings. The van der Waals surface area contributed by atoms with E-state index >= 15 is 0 Å². The van der Waals surface area contributed by atoms with Gasteiger partial charge in [0.2, 0.25) is 0 Å². The molecule has 5 nitrogen and oxygen atoms in total.